The molecule has 0 radical (unpaired) electrons. The van der Waals surface area contributed by atoms with Crippen molar-refractivity contribution in [3.63, 3.8) is 0 Å². The molecule has 3 aromatic rings. The lowest BCUT2D eigenvalue weighted by molar-refractivity contribution is -0.183. The largest absolute Gasteiger partial charge is 0.330 e. The molecule has 0 spiro atoms. The highest BCUT2D eigenvalue weighted by Gasteiger charge is 2.37. The molecule has 0 unspecified atom stereocenters. The zero-order chi connectivity index (χ0) is 24.5. The van der Waals surface area contributed by atoms with Crippen molar-refractivity contribution in [2.24, 2.45) is 11.8 Å². The number of benzene rings is 2. The summed E-state index contributed by atoms with van der Waals surface area (Å²) >= 11 is 0. The van der Waals surface area contributed by atoms with E-state index in [9.17, 15) is 13.6 Å². The van der Waals surface area contributed by atoms with Crippen molar-refractivity contribution < 1.29 is 18.4 Å². The van der Waals surface area contributed by atoms with Gasteiger partial charge in [-0.25, -0.2) is 18.8 Å². The molecule has 9 heteroatoms. The Kier molecular flexibility index (Phi) is 6.19. The number of carbonyl (C=O) groups is 1. The maximum Gasteiger partial charge on any atom is 0.249 e. The van der Waals surface area contributed by atoms with E-state index in [-0.39, 0.29) is 23.0 Å². The van der Waals surface area contributed by atoms with E-state index in [4.69, 9.17) is 15.4 Å². The number of hydroxylamine groups is 2. The molecule has 0 N–H and O–H groups in total. The fourth-order valence-corrected chi connectivity index (χ4v) is 5.22. The number of hydrogen-bond donors (Lipinski definition) is 0. The molecule has 1 saturated heterocycles. The fourth-order valence-electron chi connectivity index (χ4n) is 5.22. The quantitative estimate of drug-likeness (QED) is 0.542. The standard InChI is InChI=1S/C26H23F2N5O2/c27-21-8-17(12-29)7-19(9-21)24-5-6-35-33(24)26(34)18-3-1-16(2-4-18)14-32-15-31-23-11-22(28)20(13-30)10-25(23)32/h7-11,15-16,18,24H,1-6,14H2/t16-,18-,24-/m0/s1. The average Bonchev–Trinajstić information content (AvgIpc) is 3.50. The Morgan fingerprint density at radius 1 is 1.06 bits per heavy atom. The summed E-state index contributed by atoms with van der Waals surface area (Å²) in [5.74, 6) is -1.04. The monoisotopic (exact) mass is 475 g/mol. The number of halogens is 2. The van der Waals surface area contributed by atoms with Crippen molar-refractivity contribution in [1.82, 2.24) is 14.6 Å². The van der Waals surface area contributed by atoms with Crippen LogP contribution in [0.15, 0.2) is 36.7 Å². The van der Waals surface area contributed by atoms with Gasteiger partial charge in [0.15, 0.2) is 0 Å². The minimum atomic E-state index is -0.575. The highest BCUT2D eigenvalue weighted by Crippen LogP contribution is 2.37. The number of nitriles is 2. The summed E-state index contributed by atoms with van der Waals surface area (Å²) in [6, 6.07) is 10.4. The number of aromatic nitrogens is 2. The Morgan fingerprint density at radius 3 is 2.60 bits per heavy atom. The Bertz CT molecular complexity index is 1360. The topological polar surface area (TPSA) is 94.9 Å². The molecule has 35 heavy (non-hydrogen) atoms. The SMILES string of the molecule is N#Cc1cc(F)cc([C@@H]2CCON2C(=O)[C@H]2CC[C@H](Cn3cnc4cc(F)c(C#N)cc43)CC2)c1. The zero-order valence-corrected chi connectivity index (χ0v) is 19.0. The highest BCUT2D eigenvalue weighted by atomic mass is 19.1. The first-order chi connectivity index (χ1) is 17.0. The van der Waals surface area contributed by atoms with Gasteiger partial charge in [-0.3, -0.25) is 9.63 Å². The average molecular weight is 475 g/mol. The van der Waals surface area contributed by atoms with Gasteiger partial charge in [-0.05, 0) is 61.4 Å². The third-order valence-electron chi connectivity index (χ3n) is 7.04. The van der Waals surface area contributed by atoms with Crippen molar-refractivity contribution in [3.8, 4) is 12.1 Å². The third kappa shape index (κ3) is 4.48. The number of imidazole rings is 1. The van der Waals surface area contributed by atoms with Crippen molar-refractivity contribution in [3.05, 3.63) is 65.0 Å². The van der Waals surface area contributed by atoms with Gasteiger partial charge in [0.25, 0.3) is 0 Å². The van der Waals surface area contributed by atoms with Crippen LogP contribution in [0.3, 0.4) is 0 Å². The highest BCUT2D eigenvalue weighted by molar-refractivity contribution is 5.79. The second-order valence-electron chi connectivity index (χ2n) is 9.23. The van der Waals surface area contributed by atoms with Crippen LogP contribution in [0.5, 0.6) is 0 Å². The Hall–Kier alpha value is -3.82. The maximum absolute atomic E-state index is 14.0. The lowest BCUT2D eigenvalue weighted by atomic mass is 9.81. The van der Waals surface area contributed by atoms with E-state index in [0.717, 1.165) is 18.4 Å². The van der Waals surface area contributed by atoms with Crippen LogP contribution in [0.1, 0.15) is 54.8 Å². The van der Waals surface area contributed by atoms with E-state index in [2.05, 4.69) is 4.98 Å². The summed E-state index contributed by atoms with van der Waals surface area (Å²) in [4.78, 5) is 23.2. The molecule has 1 aliphatic heterocycles. The van der Waals surface area contributed by atoms with Crippen LogP contribution < -0.4 is 0 Å². The summed E-state index contributed by atoms with van der Waals surface area (Å²) in [5, 5.41) is 19.7. The lowest BCUT2D eigenvalue weighted by Crippen LogP contribution is -2.37. The fraction of sp³-hybridized carbons (Fsp3) is 0.385. The van der Waals surface area contributed by atoms with Gasteiger partial charge in [0.2, 0.25) is 5.91 Å². The third-order valence-corrected chi connectivity index (χ3v) is 7.04. The van der Waals surface area contributed by atoms with E-state index in [1.807, 2.05) is 16.7 Å². The second-order valence-corrected chi connectivity index (χ2v) is 9.23. The van der Waals surface area contributed by atoms with Gasteiger partial charge >= 0.3 is 0 Å². The number of nitrogens with zero attached hydrogens (tertiary/aromatic N) is 5. The van der Waals surface area contributed by atoms with E-state index >= 15 is 0 Å². The molecule has 178 valence electrons. The number of hydrogen-bond acceptors (Lipinski definition) is 5. The first kappa shape index (κ1) is 22.9. The number of amides is 1. The van der Waals surface area contributed by atoms with Crippen LogP contribution in [-0.2, 0) is 16.2 Å². The van der Waals surface area contributed by atoms with Crippen LogP contribution in [0.25, 0.3) is 11.0 Å². The lowest BCUT2D eigenvalue weighted by Gasteiger charge is -2.32. The zero-order valence-electron chi connectivity index (χ0n) is 19.0. The molecular weight excluding hydrogens is 452 g/mol. The predicted molar refractivity (Wildman–Crippen MR) is 121 cm³/mol. The molecule has 1 aliphatic carbocycles. The van der Waals surface area contributed by atoms with E-state index < -0.39 is 17.7 Å². The second kappa shape index (κ2) is 9.44. The van der Waals surface area contributed by atoms with Gasteiger partial charge in [0, 0.05) is 24.9 Å². The van der Waals surface area contributed by atoms with Crippen LogP contribution in [0, 0.1) is 46.1 Å². The summed E-state index contributed by atoms with van der Waals surface area (Å²) in [6.07, 6.45) is 5.29. The van der Waals surface area contributed by atoms with Crippen LogP contribution in [0.4, 0.5) is 8.78 Å². The Balaban J connectivity index is 1.24. The van der Waals surface area contributed by atoms with Gasteiger partial charge in [0.1, 0.15) is 17.7 Å². The number of fused-ring (bicyclic) bond motifs is 1. The molecule has 1 saturated carbocycles. The van der Waals surface area contributed by atoms with Gasteiger partial charge in [0.05, 0.1) is 47.2 Å². The van der Waals surface area contributed by atoms with Gasteiger partial charge in [-0.2, -0.15) is 10.5 Å². The smallest absolute Gasteiger partial charge is 0.249 e. The van der Waals surface area contributed by atoms with Crippen molar-refractivity contribution >= 4 is 16.9 Å². The molecule has 2 heterocycles. The van der Waals surface area contributed by atoms with Gasteiger partial charge in [-0.15, -0.1) is 0 Å². The first-order valence-corrected chi connectivity index (χ1v) is 11.7. The molecule has 7 nitrogen and oxygen atoms in total. The molecule has 0 bridgehead atoms. The van der Waals surface area contributed by atoms with Crippen molar-refractivity contribution in [2.45, 2.75) is 44.7 Å². The molecule has 2 aromatic carbocycles. The maximum atomic E-state index is 14.0. The van der Waals surface area contributed by atoms with Crippen molar-refractivity contribution in [1.29, 1.82) is 10.5 Å². The molecular formula is C26H23F2N5O2. The minimum Gasteiger partial charge on any atom is -0.330 e. The van der Waals surface area contributed by atoms with Gasteiger partial charge in [-0.1, -0.05) is 0 Å². The van der Waals surface area contributed by atoms with Crippen LogP contribution in [0.2, 0.25) is 0 Å². The molecule has 2 aliphatic rings. The summed E-state index contributed by atoms with van der Waals surface area (Å²) in [5.41, 5.74) is 2.02. The predicted octanol–water partition coefficient (Wildman–Crippen LogP) is 4.77. The summed E-state index contributed by atoms with van der Waals surface area (Å²) < 4.78 is 29.8. The molecule has 1 atom stereocenters. The van der Waals surface area contributed by atoms with Crippen LogP contribution >= 0.6 is 0 Å². The molecule has 1 aromatic heterocycles. The Labute approximate surface area is 201 Å². The van der Waals surface area contributed by atoms with Crippen LogP contribution in [-0.4, -0.2) is 27.1 Å². The normalized spacial score (nSPS) is 22.2. The van der Waals surface area contributed by atoms with Gasteiger partial charge < -0.3 is 4.57 Å². The summed E-state index contributed by atoms with van der Waals surface area (Å²) in [7, 11) is 0. The summed E-state index contributed by atoms with van der Waals surface area (Å²) in [6.45, 7) is 1.04. The molecule has 2 fully saturated rings. The van der Waals surface area contributed by atoms with E-state index in [1.165, 1.54) is 29.3 Å². The Morgan fingerprint density at radius 2 is 1.86 bits per heavy atom. The minimum absolute atomic E-state index is 0.00564. The number of rotatable bonds is 4. The van der Waals surface area contributed by atoms with E-state index in [1.54, 1.807) is 12.4 Å². The first-order valence-electron chi connectivity index (χ1n) is 11.7. The number of carbonyl (C=O) groups excluding carboxylic acids is 1. The molecule has 1 amide bonds. The molecule has 5 rings (SSSR count). The van der Waals surface area contributed by atoms with E-state index in [0.29, 0.717) is 49.4 Å². The van der Waals surface area contributed by atoms with Crippen molar-refractivity contribution in [2.75, 3.05) is 6.61 Å².